The van der Waals surface area contributed by atoms with Crippen LogP contribution in [0.15, 0.2) is 12.3 Å². The van der Waals surface area contributed by atoms with E-state index in [-0.39, 0.29) is 12.6 Å². The Morgan fingerprint density at radius 3 is 3.21 bits per heavy atom. The summed E-state index contributed by atoms with van der Waals surface area (Å²) in [7, 11) is 0. The van der Waals surface area contributed by atoms with Crippen molar-refractivity contribution in [2.45, 2.75) is 25.7 Å². The van der Waals surface area contributed by atoms with Crippen LogP contribution >= 0.6 is 0 Å². The van der Waals surface area contributed by atoms with Crippen molar-refractivity contribution < 1.29 is 9.84 Å². The van der Waals surface area contributed by atoms with E-state index in [9.17, 15) is 0 Å². The predicted molar refractivity (Wildman–Crippen MR) is 51.4 cm³/mol. The molecular weight excluding hydrogens is 180 g/mol. The zero-order valence-corrected chi connectivity index (χ0v) is 7.94. The molecule has 1 aliphatic heterocycles. The van der Waals surface area contributed by atoms with Gasteiger partial charge in [-0.05, 0) is 18.1 Å². The molecule has 4 nitrogen and oxygen atoms in total. The second-order valence-electron chi connectivity index (χ2n) is 3.49. The number of aliphatic hydroxyl groups is 1. The lowest BCUT2D eigenvalue weighted by Crippen LogP contribution is -2.12. The van der Waals surface area contributed by atoms with E-state index in [2.05, 4.69) is 4.98 Å². The molecule has 3 N–H and O–H groups in total. The first kappa shape index (κ1) is 9.58. The minimum atomic E-state index is -0.126. The number of rotatable bonds is 3. The molecule has 0 radical (unpaired) electrons. The Morgan fingerprint density at radius 1 is 1.57 bits per heavy atom. The van der Waals surface area contributed by atoms with Crippen molar-refractivity contribution in [2.24, 2.45) is 5.73 Å². The Balaban J connectivity index is 2.19. The molecule has 76 valence electrons. The maximum atomic E-state index is 8.77. The van der Waals surface area contributed by atoms with Crippen LogP contribution in [0.3, 0.4) is 0 Å². The van der Waals surface area contributed by atoms with Crippen LogP contribution in [0.1, 0.15) is 29.3 Å². The summed E-state index contributed by atoms with van der Waals surface area (Å²) in [6.45, 7) is 1.33. The molecule has 0 saturated heterocycles. The standard InChI is InChI=1S/C10H14N2O2/c11-9(1-2-13)7-3-8-5-14-6-10(8)12-4-7/h3-4,9,13H,1-2,5-6,11H2. The van der Waals surface area contributed by atoms with Gasteiger partial charge in [0.25, 0.3) is 0 Å². The van der Waals surface area contributed by atoms with Crippen LogP contribution in [0.2, 0.25) is 0 Å². The fraction of sp³-hybridized carbons (Fsp3) is 0.500. The maximum Gasteiger partial charge on any atom is 0.0896 e. The van der Waals surface area contributed by atoms with Crippen LogP contribution in [-0.4, -0.2) is 16.7 Å². The summed E-state index contributed by atoms with van der Waals surface area (Å²) in [4.78, 5) is 4.28. The molecule has 2 rings (SSSR count). The largest absolute Gasteiger partial charge is 0.396 e. The topological polar surface area (TPSA) is 68.4 Å². The van der Waals surface area contributed by atoms with Gasteiger partial charge >= 0.3 is 0 Å². The van der Waals surface area contributed by atoms with Gasteiger partial charge in [0.05, 0.1) is 18.9 Å². The highest BCUT2D eigenvalue weighted by Gasteiger charge is 2.15. The monoisotopic (exact) mass is 194 g/mol. The Bertz CT molecular complexity index is 328. The van der Waals surface area contributed by atoms with Gasteiger partial charge in [0.2, 0.25) is 0 Å². The van der Waals surface area contributed by atoms with Gasteiger partial charge in [-0.2, -0.15) is 0 Å². The average Bonchev–Trinajstić information content (AvgIpc) is 2.64. The molecule has 0 bridgehead atoms. The highest BCUT2D eigenvalue weighted by molar-refractivity contribution is 5.28. The molecular formula is C10H14N2O2. The molecule has 1 unspecified atom stereocenters. The number of ether oxygens (including phenoxy) is 1. The maximum absolute atomic E-state index is 8.77. The number of hydrogen-bond acceptors (Lipinski definition) is 4. The van der Waals surface area contributed by atoms with Crippen LogP contribution in [0.5, 0.6) is 0 Å². The third-order valence-corrected chi connectivity index (χ3v) is 2.45. The van der Waals surface area contributed by atoms with Crippen molar-refractivity contribution in [2.75, 3.05) is 6.61 Å². The lowest BCUT2D eigenvalue weighted by molar-refractivity contribution is 0.133. The summed E-state index contributed by atoms with van der Waals surface area (Å²) < 4.78 is 5.26. The summed E-state index contributed by atoms with van der Waals surface area (Å²) in [6, 6.07) is 1.90. The highest BCUT2D eigenvalue weighted by atomic mass is 16.5. The summed E-state index contributed by atoms with van der Waals surface area (Å²) in [5.41, 5.74) is 8.96. The van der Waals surface area contributed by atoms with Crippen LogP contribution in [0, 0.1) is 0 Å². The molecule has 4 heteroatoms. The van der Waals surface area contributed by atoms with Crippen molar-refractivity contribution in [1.82, 2.24) is 4.98 Å². The molecule has 1 aliphatic rings. The van der Waals surface area contributed by atoms with E-state index in [1.807, 2.05) is 6.07 Å². The zero-order valence-electron chi connectivity index (χ0n) is 7.94. The van der Waals surface area contributed by atoms with Crippen LogP contribution in [0.4, 0.5) is 0 Å². The van der Waals surface area contributed by atoms with E-state index in [0.29, 0.717) is 19.6 Å². The van der Waals surface area contributed by atoms with E-state index in [1.165, 1.54) is 0 Å². The first-order chi connectivity index (χ1) is 6.81. The minimum Gasteiger partial charge on any atom is -0.396 e. The molecule has 1 aromatic rings. The third-order valence-electron chi connectivity index (χ3n) is 2.45. The number of aliphatic hydroxyl groups excluding tert-OH is 1. The molecule has 0 aliphatic carbocycles. The van der Waals surface area contributed by atoms with Crippen LogP contribution in [-0.2, 0) is 18.0 Å². The SMILES string of the molecule is NC(CCO)c1cnc2c(c1)COC2. The van der Waals surface area contributed by atoms with Gasteiger partial charge in [0.1, 0.15) is 0 Å². The predicted octanol–water partition coefficient (Wildman–Crippen LogP) is 0.494. The highest BCUT2D eigenvalue weighted by Crippen LogP contribution is 2.21. The number of hydrogen-bond donors (Lipinski definition) is 2. The molecule has 0 saturated carbocycles. The summed E-state index contributed by atoms with van der Waals surface area (Å²) >= 11 is 0. The van der Waals surface area contributed by atoms with Gasteiger partial charge in [0, 0.05) is 24.4 Å². The molecule has 0 fully saturated rings. The quantitative estimate of drug-likeness (QED) is 0.735. The molecule has 0 amide bonds. The Hall–Kier alpha value is -0.970. The second-order valence-corrected chi connectivity index (χ2v) is 3.49. The number of aromatic nitrogens is 1. The third kappa shape index (κ3) is 1.77. The van der Waals surface area contributed by atoms with Gasteiger partial charge in [0.15, 0.2) is 0 Å². The minimum absolute atomic E-state index is 0.106. The van der Waals surface area contributed by atoms with Crippen molar-refractivity contribution in [3.05, 3.63) is 29.1 Å². The Labute approximate surface area is 82.7 Å². The summed E-state index contributed by atoms with van der Waals surface area (Å²) in [5, 5.41) is 8.77. The first-order valence-electron chi connectivity index (χ1n) is 4.73. The van der Waals surface area contributed by atoms with Crippen LogP contribution in [0.25, 0.3) is 0 Å². The van der Waals surface area contributed by atoms with Gasteiger partial charge in [-0.15, -0.1) is 0 Å². The fourth-order valence-electron chi connectivity index (χ4n) is 1.58. The summed E-state index contributed by atoms with van der Waals surface area (Å²) in [6.07, 6.45) is 2.34. The number of fused-ring (bicyclic) bond motifs is 1. The zero-order chi connectivity index (χ0) is 9.97. The van der Waals surface area contributed by atoms with E-state index >= 15 is 0 Å². The molecule has 2 heterocycles. The Morgan fingerprint density at radius 2 is 2.43 bits per heavy atom. The smallest absolute Gasteiger partial charge is 0.0896 e. The average molecular weight is 194 g/mol. The van der Waals surface area contributed by atoms with Crippen molar-refractivity contribution in [3.63, 3.8) is 0 Å². The molecule has 1 atom stereocenters. The van der Waals surface area contributed by atoms with E-state index in [1.54, 1.807) is 6.20 Å². The first-order valence-corrected chi connectivity index (χ1v) is 4.73. The molecule has 1 aromatic heterocycles. The number of pyridine rings is 1. The van der Waals surface area contributed by atoms with Crippen molar-refractivity contribution >= 4 is 0 Å². The Kier molecular flexibility index (Phi) is 2.77. The summed E-state index contributed by atoms with van der Waals surface area (Å²) in [5.74, 6) is 0. The number of nitrogens with two attached hydrogens (primary N) is 1. The van der Waals surface area contributed by atoms with Crippen molar-refractivity contribution in [1.29, 1.82) is 0 Å². The van der Waals surface area contributed by atoms with Gasteiger partial charge in [-0.3, -0.25) is 4.98 Å². The lowest BCUT2D eigenvalue weighted by Gasteiger charge is -2.10. The van der Waals surface area contributed by atoms with Gasteiger partial charge < -0.3 is 15.6 Å². The van der Waals surface area contributed by atoms with E-state index in [0.717, 1.165) is 16.8 Å². The molecule has 0 aromatic carbocycles. The molecule has 14 heavy (non-hydrogen) atoms. The van der Waals surface area contributed by atoms with Gasteiger partial charge in [-0.25, -0.2) is 0 Å². The fourth-order valence-corrected chi connectivity index (χ4v) is 1.58. The van der Waals surface area contributed by atoms with E-state index in [4.69, 9.17) is 15.6 Å². The van der Waals surface area contributed by atoms with Gasteiger partial charge in [-0.1, -0.05) is 0 Å². The van der Waals surface area contributed by atoms with E-state index < -0.39 is 0 Å². The number of nitrogens with zero attached hydrogens (tertiary/aromatic N) is 1. The lowest BCUT2D eigenvalue weighted by atomic mass is 10.0. The molecule has 0 spiro atoms. The van der Waals surface area contributed by atoms with Crippen molar-refractivity contribution in [3.8, 4) is 0 Å². The second kappa shape index (κ2) is 4.04. The normalized spacial score (nSPS) is 16.7. The van der Waals surface area contributed by atoms with Crippen LogP contribution < -0.4 is 5.73 Å².